The lowest BCUT2D eigenvalue weighted by atomic mass is 10.2. The first-order valence-electron chi connectivity index (χ1n) is 9.75. The van der Waals surface area contributed by atoms with Gasteiger partial charge in [-0.05, 0) is 56.5 Å². The molecule has 0 radical (unpaired) electrons. The van der Waals surface area contributed by atoms with Crippen LogP contribution in [0.3, 0.4) is 0 Å². The van der Waals surface area contributed by atoms with Gasteiger partial charge in [0, 0.05) is 17.3 Å². The molecule has 2 heterocycles. The number of anilines is 1. The summed E-state index contributed by atoms with van der Waals surface area (Å²) in [5, 5.41) is 12.1. The highest BCUT2D eigenvalue weighted by Gasteiger charge is 2.39. The van der Waals surface area contributed by atoms with E-state index in [0.29, 0.717) is 39.1 Å². The third-order valence-corrected chi connectivity index (χ3v) is 8.45. The van der Waals surface area contributed by atoms with Gasteiger partial charge < -0.3 is 5.32 Å². The Bertz CT molecular complexity index is 1240. The average molecular weight is 477 g/mol. The van der Waals surface area contributed by atoms with Crippen LogP contribution in [0.25, 0.3) is 0 Å². The molecule has 31 heavy (non-hydrogen) atoms. The van der Waals surface area contributed by atoms with Crippen molar-refractivity contribution in [2.75, 3.05) is 11.9 Å². The Morgan fingerprint density at radius 2 is 2.00 bits per heavy atom. The van der Waals surface area contributed by atoms with Gasteiger partial charge in [-0.2, -0.15) is 4.31 Å². The largest absolute Gasteiger partial charge is 0.320 e. The van der Waals surface area contributed by atoms with Crippen molar-refractivity contribution >= 4 is 44.6 Å². The minimum Gasteiger partial charge on any atom is -0.320 e. The first kappa shape index (κ1) is 21.9. The number of carbonyl (C=O) groups is 1. The standard InChI is InChI=1S/C21H21ClN4O3S2/c1-13-8-9-18(14(2)11-13)31(28,29)26-10-4-7-17(26)20-24-25-21(30-20)19(27)23-16-6-3-5-15(22)12-16/h3,5-6,8-9,11-12,17H,4,7,10H2,1-2H3,(H,23,27)/t17-/m1/s1. The number of benzene rings is 2. The Kier molecular flexibility index (Phi) is 6.11. The molecular formula is C21H21ClN4O3S2. The summed E-state index contributed by atoms with van der Waals surface area (Å²) in [4.78, 5) is 12.9. The van der Waals surface area contributed by atoms with Gasteiger partial charge in [-0.25, -0.2) is 8.42 Å². The molecule has 7 nitrogen and oxygen atoms in total. The van der Waals surface area contributed by atoms with E-state index in [4.69, 9.17) is 11.6 Å². The van der Waals surface area contributed by atoms with E-state index in [0.717, 1.165) is 23.3 Å². The van der Waals surface area contributed by atoms with Crippen molar-refractivity contribution in [1.29, 1.82) is 0 Å². The number of halogens is 1. The zero-order chi connectivity index (χ0) is 22.2. The molecule has 0 saturated carbocycles. The number of hydrogen-bond donors (Lipinski definition) is 1. The maximum atomic E-state index is 13.4. The summed E-state index contributed by atoms with van der Waals surface area (Å²) in [7, 11) is -3.69. The van der Waals surface area contributed by atoms with Crippen molar-refractivity contribution in [2.24, 2.45) is 0 Å². The van der Waals surface area contributed by atoms with E-state index in [1.807, 2.05) is 13.0 Å². The van der Waals surface area contributed by atoms with E-state index in [1.54, 1.807) is 43.3 Å². The number of carbonyl (C=O) groups excluding carboxylic acids is 1. The molecule has 3 aromatic rings. The molecular weight excluding hydrogens is 456 g/mol. The second-order valence-corrected chi connectivity index (χ2v) is 10.8. The van der Waals surface area contributed by atoms with Gasteiger partial charge in [0.15, 0.2) is 0 Å². The summed E-state index contributed by atoms with van der Waals surface area (Å²) in [6, 6.07) is 11.7. The molecule has 162 valence electrons. The van der Waals surface area contributed by atoms with Crippen molar-refractivity contribution < 1.29 is 13.2 Å². The maximum Gasteiger partial charge on any atom is 0.286 e. The predicted octanol–water partition coefficient (Wildman–Crippen LogP) is 4.59. The number of aryl methyl sites for hydroxylation is 2. The fourth-order valence-corrected chi connectivity index (χ4v) is 6.71. The monoisotopic (exact) mass is 476 g/mol. The fraction of sp³-hybridized carbons (Fsp3) is 0.286. The van der Waals surface area contributed by atoms with Gasteiger partial charge in [-0.3, -0.25) is 4.79 Å². The normalized spacial score (nSPS) is 17.1. The van der Waals surface area contributed by atoms with Crippen molar-refractivity contribution in [3.05, 3.63) is 68.6 Å². The number of hydrogen-bond acceptors (Lipinski definition) is 6. The van der Waals surface area contributed by atoms with Crippen LogP contribution in [0, 0.1) is 13.8 Å². The molecule has 1 aliphatic rings. The second-order valence-electron chi connectivity index (χ2n) is 7.45. The summed E-state index contributed by atoms with van der Waals surface area (Å²) < 4.78 is 28.2. The molecule has 4 rings (SSSR count). The highest BCUT2D eigenvalue weighted by atomic mass is 35.5. The van der Waals surface area contributed by atoms with Gasteiger partial charge in [0.2, 0.25) is 15.0 Å². The van der Waals surface area contributed by atoms with Crippen molar-refractivity contribution in [2.45, 2.75) is 37.6 Å². The molecule has 0 unspecified atom stereocenters. The number of sulfonamides is 1. The molecule has 1 fully saturated rings. The summed E-state index contributed by atoms with van der Waals surface area (Å²) >= 11 is 7.06. The lowest BCUT2D eigenvalue weighted by molar-refractivity contribution is 0.102. The maximum absolute atomic E-state index is 13.4. The summed E-state index contributed by atoms with van der Waals surface area (Å²) in [6.07, 6.45) is 1.35. The number of nitrogens with one attached hydrogen (secondary N) is 1. The molecule has 1 N–H and O–H groups in total. The highest BCUT2D eigenvalue weighted by molar-refractivity contribution is 7.89. The Hall–Kier alpha value is -2.33. The Balaban J connectivity index is 1.57. The number of aromatic nitrogens is 2. The van der Waals surface area contributed by atoms with Crippen LogP contribution in [-0.4, -0.2) is 35.4 Å². The third-order valence-electron chi connectivity index (χ3n) is 5.12. The molecule has 1 saturated heterocycles. The van der Waals surface area contributed by atoms with Crippen molar-refractivity contribution in [3.63, 3.8) is 0 Å². The summed E-state index contributed by atoms with van der Waals surface area (Å²) in [5.41, 5.74) is 2.27. The minimum atomic E-state index is -3.69. The Labute approximate surface area is 190 Å². The number of amides is 1. The summed E-state index contributed by atoms with van der Waals surface area (Å²) in [6.45, 7) is 4.14. The zero-order valence-electron chi connectivity index (χ0n) is 17.0. The van der Waals surface area contributed by atoms with Crippen LogP contribution in [0.1, 0.15) is 44.8 Å². The van der Waals surface area contributed by atoms with Crippen molar-refractivity contribution in [1.82, 2.24) is 14.5 Å². The minimum absolute atomic E-state index is 0.172. The van der Waals surface area contributed by atoms with Crippen LogP contribution in [0.5, 0.6) is 0 Å². The molecule has 1 aliphatic heterocycles. The van der Waals surface area contributed by atoms with E-state index >= 15 is 0 Å². The molecule has 10 heteroatoms. The van der Waals surface area contributed by atoms with Gasteiger partial charge in [-0.1, -0.05) is 46.7 Å². The Morgan fingerprint density at radius 1 is 1.19 bits per heavy atom. The van der Waals surface area contributed by atoms with Gasteiger partial charge >= 0.3 is 0 Å². The average Bonchev–Trinajstić information content (AvgIpc) is 3.37. The topological polar surface area (TPSA) is 92.3 Å². The van der Waals surface area contributed by atoms with Gasteiger partial charge in [-0.15, -0.1) is 10.2 Å². The van der Waals surface area contributed by atoms with Gasteiger partial charge in [0.25, 0.3) is 5.91 Å². The quantitative estimate of drug-likeness (QED) is 0.581. The van der Waals surface area contributed by atoms with Gasteiger partial charge in [0.1, 0.15) is 5.01 Å². The smallest absolute Gasteiger partial charge is 0.286 e. The molecule has 0 aliphatic carbocycles. The van der Waals surface area contributed by atoms with Crippen molar-refractivity contribution in [3.8, 4) is 0 Å². The predicted molar refractivity (Wildman–Crippen MR) is 121 cm³/mol. The van der Waals surface area contributed by atoms with E-state index in [9.17, 15) is 13.2 Å². The highest BCUT2D eigenvalue weighted by Crippen LogP contribution is 2.38. The lowest BCUT2D eigenvalue weighted by Crippen LogP contribution is -2.31. The van der Waals surface area contributed by atoms with Crippen LogP contribution in [-0.2, 0) is 10.0 Å². The van der Waals surface area contributed by atoms with E-state index < -0.39 is 22.0 Å². The van der Waals surface area contributed by atoms with E-state index in [2.05, 4.69) is 15.5 Å². The van der Waals surface area contributed by atoms with E-state index in [1.165, 1.54) is 4.31 Å². The van der Waals surface area contributed by atoms with E-state index in [-0.39, 0.29) is 5.01 Å². The number of rotatable bonds is 5. The lowest BCUT2D eigenvalue weighted by Gasteiger charge is -2.23. The molecule has 0 bridgehead atoms. The fourth-order valence-electron chi connectivity index (χ4n) is 3.70. The van der Waals surface area contributed by atoms with Crippen LogP contribution in [0.2, 0.25) is 5.02 Å². The van der Waals surface area contributed by atoms with Gasteiger partial charge in [0.05, 0.1) is 10.9 Å². The van der Waals surface area contributed by atoms with Crippen LogP contribution >= 0.6 is 22.9 Å². The van der Waals surface area contributed by atoms with Crippen LogP contribution in [0.15, 0.2) is 47.4 Å². The van der Waals surface area contributed by atoms with Crippen LogP contribution in [0.4, 0.5) is 5.69 Å². The molecule has 1 amide bonds. The molecule has 0 spiro atoms. The molecule has 1 atom stereocenters. The SMILES string of the molecule is Cc1ccc(S(=O)(=O)N2CCC[C@@H]2c2nnc(C(=O)Nc3cccc(Cl)c3)s2)c(C)c1. The van der Waals surface area contributed by atoms with Crippen LogP contribution < -0.4 is 5.32 Å². The first-order valence-corrected chi connectivity index (χ1v) is 12.4. The Morgan fingerprint density at radius 3 is 2.74 bits per heavy atom. The zero-order valence-corrected chi connectivity index (χ0v) is 19.4. The summed E-state index contributed by atoms with van der Waals surface area (Å²) in [5.74, 6) is -0.409. The molecule has 1 aromatic heterocycles. The number of nitrogens with zero attached hydrogens (tertiary/aromatic N) is 3. The first-order chi connectivity index (χ1) is 14.8. The molecule has 2 aromatic carbocycles. The second kappa shape index (κ2) is 8.66. The third kappa shape index (κ3) is 4.50.